The normalized spacial score (nSPS) is 13.4. The molecule has 0 N–H and O–H groups in total. The second-order valence-corrected chi connectivity index (χ2v) is 4.93. The molecule has 1 heterocycles. The molecule has 1 aliphatic carbocycles. The van der Waals surface area contributed by atoms with Crippen molar-refractivity contribution in [1.29, 1.82) is 0 Å². The molecule has 0 aliphatic heterocycles. The molecule has 4 nitrogen and oxygen atoms in total. The van der Waals surface area contributed by atoms with Gasteiger partial charge in [0.15, 0.2) is 6.29 Å². The molecule has 1 aromatic heterocycles. The minimum atomic E-state index is 0.505. The fourth-order valence-electron chi connectivity index (χ4n) is 2.63. The highest BCUT2D eigenvalue weighted by atomic mass is 16.5. The van der Waals surface area contributed by atoms with E-state index in [2.05, 4.69) is 17.2 Å². The Kier molecular flexibility index (Phi) is 2.85. The number of aldehydes is 1. The van der Waals surface area contributed by atoms with Gasteiger partial charge in [0, 0.05) is 7.05 Å². The fraction of sp³-hybridized carbons (Fsp3) is 0.333. The Bertz CT molecular complexity index is 644. The summed E-state index contributed by atoms with van der Waals surface area (Å²) in [5.41, 5.74) is 3.96. The van der Waals surface area contributed by atoms with Crippen molar-refractivity contribution in [1.82, 2.24) is 9.78 Å². The van der Waals surface area contributed by atoms with E-state index >= 15 is 0 Å². The van der Waals surface area contributed by atoms with Crippen molar-refractivity contribution in [3.63, 3.8) is 0 Å². The third-order valence-electron chi connectivity index (χ3n) is 3.62. The third kappa shape index (κ3) is 2.03. The van der Waals surface area contributed by atoms with E-state index in [1.807, 2.05) is 6.07 Å². The van der Waals surface area contributed by atoms with Crippen molar-refractivity contribution < 1.29 is 9.53 Å². The summed E-state index contributed by atoms with van der Waals surface area (Å²) in [5.74, 6) is 1.28. The first-order valence-electron chi connectivity index (χ1n) is 6.47. The summed E-state index contributed by atoms with van der Waals surface area (Å²) in [6.45, 7) is 1.80. The molecule has 0 bridgehead atoms. The van der Waals surface area contributed by atoms with Crippen molar-refractivity contribution in [2.24, 2.45) is 7.05 Å². The van der Waals surface area contributed by atoms with Gasteiger partial charge in [-0.3, -0.25) is 4.79 Å². The zero-order valence-corrected chi connectivity index (χ0v) is 11.1. The first kappa shape index (κ1) is 12.0. The van der Waals surface area contributed by atoms with E-state index in [-0.39, 0.29) is 0 Å². The topological polar surface area (TPSA) is 44.1 Å². The Labute approximate surface area is 112 Å². The second-order valence-electron chi connectivity index (χ2n) is 4.93. The molecule has 0 atom stereocenters. The maximum Gasteiger partial charge on any atom is 0.228 e. The molecule has 98 valence electrons. The molecule has 0 fully saturated rings. The predicted octanol–water partition coefficient (Wildman–Crippen LogP) is 2.82. The van der Waals surface area contributed by atoms with Gasteiger partial charge >= 0.3 is 0 Å². The predicted molar refractivity (Wildman–Crippen MR) is 71.9 cm³/mol. The van der Waals surface area contributed by atoms with Crippen molar-refractivity contribution in [3.05, 3.63) is 40.6 Å². The van der Waals surface area contributed by atoms with Gasteiger partial charge in [-0.05, 0) is 49.4 Å². The molecule has 0 saturated heterocycles. The summed E-state index contributed by atoms with van der Waals surface area (Å²) in [4.78, 5) is 11.1. The molecule has 19 heavy (non-hydrogen) atoms. The van der Waals surface area contributed by atoms with Gasteiger partial charge in [0.05, 0.1) is 11.3 Å². The molecule has 3 rings (SSSR count). The number of rotatable bonds is 3. The molecular weight excluding hydrogens is 240 g/mol. The smallest absolute Gasteiger partial charge is 0.228 e. The number of nitrogens with zero attached hydrogens (tertiary/aromatic N) is 2. The van der Waals surface area contributed by atoms with Gasteiger partial charge in [-0.25, -0.2) is 4.68 Å². The molecule has 4 heteroatoms. The summed E-state index contributed by atoms with van der Waals surface area (Å²) < 4.78 is 7.45. The molecule has 1 aliphatic rings. The molecule has 0 spiro atoms. The number of benzene rings is 1. The van der Waals surface area contributed by atoms with Crippen LogP contribution in [0.4, 0.5) is 0 Å². The number of ether oxygens (including phenoxy) is 1. The number of aromatic nitrogens is 2. The minimum Gasteiger partial charge on any atom is -0.439 e. The number of carbonyl (C=O) groups excluding carboxylic acids is 1. The van der Waals surface area contributed by atoms with Gasteiger partial charge in [0.25, 0.3) is 0 Å². The monoisotopic (exact) mass is 256 g/mol. The third-order valence-corrected chi connectivity index (χ3v) is 3.62. The van der Waals surface area contributed by atoms with Gasteiger partial charge in [-0.2, -0.15) is 5.10 Å². The van der Waals surface area contributed by atoms with Crippen LogP contribution in [0.25, 0.3) is 0 Å². The molecule has 0 radical (unpaired) electrons. The highest BCUT2D eigenvalue weighted by Crippen LogP contribution is 2.30. The Morgan fingerprint density at radius 2 is 2.11 bits per heavy atom. The van der Waals surface area contributed by atoms with Gasteiger partial charge in [0.1, 0.15) is 5.75 Å². The Balaban J connectivity index is 1.95. The average Bonchev–Trinajstić information content (AvgIpc) is 2.94. The van der Waals surface area contributed by atoms with Crippen molar-refractivity contribution in [2.45, 2.75) is 26.2 Å². The first-order valence-corrected chi connectivity index (χ1v) is 6.47. The molecule has 0 unspecified atom stereocenters. The van der Waals surface area contributed by atoms with E-state index in [9.17, 15) is 4.79 Å². The maximum absolute atomic E-state index is 11.1. The van der Waals surface area contributed by atoms with Crippen LogP contribution in [0.3, 0.4) is 0 Å². The molecular formula is C15H16N2O2. The average molecular weight is 256 g/mol. The highest BCUT2D eigenvalue weighted by molar-refractivity contribution is 5.80. The summed E-state index contributed by atoms with van der Waals surface area (Å²) >= 11 is 0. The van der Waals surface area contributed by atoms with Crippen LogP contribution in [-0.2, 0) is 19.9 Å². The van der Waals surface area contributed by atoms with Crippen molar-refractivity contribution in [2.75, 3.05) is 0 Å². The van der Waals surface area contributed by atoms with Crippen LogP contribution >= 0.6 is 0 Å². The zero-order valence-electron chi connectivity index (χ0n) is 11.1. The largest absolute Gasteiger partial charge is 0.439 e. The van der Waals surface area contributed by atoms with E-state index in [1.54, 1.807) is 18.7 Å². The lowest BCUT2D eigenvalue weighted by Crippen LogP contribution is -1.97. The number of hydrogen-bond donors (Lipinski definition) is 0. The summed E-state index contributed by atoms with van der Waals surface area (Å²) in [6.07, 6.45) is 4.27. The number of carbonyl (C=O) groups is 1. The molecule has 2 aromatic rings. The Morgan fingerprint density at radius 1 is 1.32 bits per heavy atom. The second kappa shape index (κ2) is 4.53. The van der Waals surface area contributed by atoms with Crippen LogP contribution < -0.4 is 4.74 Å². The fourth-order valence-corrected chi connectivity index (χ4v) is 2.63. The van der Waals surface area contributed by atoms with E-state index < -0.39 is 0 Å². The first-order chi connectivity index (χ1) is 9.19. The van der Waals surface area contributed by atoms with Crippen LogP contribution in [0.5, 0.6) is 11.6 Å². The minimum absolute atomic E-state index is 0.505. The molecule has 1 aromatic carbocycles. The van der Waals surface area contributed by atoms with Crippen molar-refractivity contribution >= 4 is 6.29 Å². The lowest BCUT2D eigenvalue weighted by Gasteiger charge is -2.08. The van der Waals surface area contributed by atoms with Gasteiger partial charge in [-0.15, -0.1) is 0 Å². The highest BCUT2D eigenvalue weighted by Gasteiger charge is 2.16. The number of fused-ring (bicyclic) bond motifs is 1. The van der Waals surface area contributed by atoms with Crippen LogP contribution in [0.2, 0.25) is 0 Å². The summed E-state index contributed by atoms with van der Waals surface area (Å²) in [5, 5.41) is 4.21. The van der Waals surface area contributed by atoms with E-state index in [0.717, 1.165) is 24.9 Å². The van der Waals surface area contributed by atoms with Crippen LogP contribution in [0, 0.1) is 6.92 Å². The van der Waals surface area contributed by atoms with Gasteiger partial charge in [0.2, 0.25) is 5.88 Å². The van der Waals surface area contributed by atoms with E-state index in [4.69, 9.17) is 4.74 Å². The van der Waals surface area contributed by atoms with Crippen LogP contribution in [0.1, 0.15) is 33.6 Å². The summed E-state index contributed by atoms with van der Waals surface area (Å²) in [6, 6.07) is 6.14. The molecule has 0 amide bonds. The van der Waals surface area contributed by atoms with Gasteiger partial charge in [-0.1, -0.05) is 6.07 Å². The summed E-state index contributed by atoms with van der Waals surface area (Å²) in [7, 11) is 1.78. The Morgan fingerprint density at radius 3 is 2.89 bits per heavy atom. The van der Waals surface area contributed by atoms with Crippen LogP contribution in [-0.4, -0.2) is 16.1 Å². The van der Waals surface area contributed by atoms with Crippen LogP contribution in [0.15, 0.2) is 18.2 Å². The number of aryl methyl sites for hydroxylation is 4. The SMILES string of the molecule is Cc1nn(C)c(Oc2ccc3c(c2)CCC3)c1C=O. The zero-order chi connectivity index (χ0) is 13.4. The quantitative estimate of drug-likeness (QED) is 0.793. The van der Waals surface area contributed by atoms with E-state index in [1.165, 1.54) is 17.5 Å². The Hall–Kier alpha value is -2.10. The van der Waals surface area contributed by atoms with Crippen molar-refractivity contribution in [3.8, 4) is 11.6 Å². The maximum atomic E-state index is 11.1. The van der Waals surface area contributed by atoms with Gasteiger partial charge < -0.3 is 4.74 Å². The number of hydrogen-bond acceptors (Lipinski definition) is 3. The standard InChI is InChI=1S/C15H16N2O2/c1-10-14(9-18)15(17(2)16-10)19-13-7-6-11-4-3-5-12(11)8-13/h6-9H,3-5H2,1-2H3. The lowest BCUT2D eigenvalue weighted by molar-refractivity contribution is 0.112. The van der Waals surface area contributed by atoms with E-state index in [0.29, 0.717) is 17.1 Å². The molecule has 0 saturated carbocycles. The lowest BCUT2D eigenvalue weighted by atomic mass is 10.1.